The molecule has 0 bridgehead atoms. The predicted molar refractivity (Wildman–Crippen MR) is 60.8 cm³/mol. The average molecular weight is 249 g/mol. The van der Waals surface area contributed by atoms with E-state index in [1.54, 1.807) is 6.92 Å². The lowest BCUT2D eigenvalue weighted by Crippen LogP contribution is -2.33. The Morgan fingerprint density at radius 1 is 1.61 bits per heavy atom. The van der Waals surface area contributed by atoms with E-state index in [0.717, 1.165) is 0 Å². The fourth-order valence-electron chi connectivity index (χ4n) is 1.71. The van der Waals surface area contributed by atoms with E-state index in [0.29, 0.717) is 5.56 Å². The third kappa shape index (κ3) is 1.99. The van der Waals surface area contributed by atoms with E-state index in [2.05, 4.69) is 4.98 Å². The third-order valence-electron chi connectivity index (χ3n) is 2.69. The zero-order valence-corrected chi connectivity index (χ0v) is 9.58. The molecule has 7 heteroatoms. The second kappa shape index (κ2) is 4.60. The van der Waals surface area contributed by atoms with Gasteiger partial charge in [0.2, 0.25) is 0 Å². The minimum absolute atomic E-state index is 0.262. The molecule has 7 nitrogen and oxygen atoms in total. The van der Waals surface area contributed by atoms with Crippen molar-refractivity contribution in [2.45, 2.75) is 19.3 Å². The molecule has 2 rings (SSSR count). The Morgan fingerprint density at radius 2 is 2.33 bits per heavy atom. The summed E-state index contributed by atoms with van der Waals surface area (Å²) in [7, 11) is 0. The van der Waals surface area contributed by atoms with Gasteiger partial charge in [0.15, 0.2) is 6.23 Å². The zero-order chi connectivity index (χ0) is 13.3. The van der Waals surface area contributed by atoms with Gasteiger partial charge >= 0.3 is 5.69 Å². The van der Waals surface area contributed by atoms with Crippen LogP contribution in [0.15, 0.2) is 27.4 Å². The minimum Gasteiger partial charge on any atom is -0.393 e. The second-order valence-electron chi connectivity index (χ2n) is 3.91. The molecule has 0 fully saturated rings. The Labute approximate surface area is 102 Å². The summed E-state index contributed by atoms with van der Waals surface area (Å²) in [6.45, 7) is 1.22. The van der Waals surface area contributed by atoms with Crippen LogP contribution in [0.3, 0.4) is 0 Å². The molecule has 0 aliphatic carbocycles. The largest absolute Gasteiger partial charge is 0.393 e. The number of aryl methyl sites for hydroxylation is 1. The van der Waals surface area contributed by atoms with Gasteiger partial charge in [-0.1, -0.05) is 0 Å². The van der Waals surface area contributed by atoms with Gasteiger partial charge < -0.3 is 9.84 Å². The maximum absolute atomic E-state index is 11.6. The number of nitriles is 1. The first-order chi connectivity index (χ1) is 8.56. The topological polar surface area (TPSA) is 108 Å². The number of rotatable bonds is 2. The highest BCUT2D eigenvalue weighted by Crippen LogP contribution is 2.25. The number of hydrogen-bond acceptors (Lipinski definition) is 5. The second-order valence-corrected chi connectivity index (χ2v) is 3.91. The van der Waals surface area contributed by atoms with E-state index in [-0.39, 0.29) is 12.2 Å². The van der Waals surface area contributed by atoms with Crippen LogP contribution in [-0.2, 0) is 4.74 Å². The summed E-state index contributed by atoms with van der Waals surface area (Å²) < 4.78 is 6.52. The Hall–Kier alpha value is -2.17. The molecule has 1 aromatic heterocycles. The van der Waals surface area contributed by atoms with Crippen LogP contribution in [0.5, 0.6) is 0 Å². The molecule has 0 radical (unpaired) electrons. The standard InChI is InChI=1S/C11H11N3O4/c1-6-4-14(11(17)13-10(6)16)9-2-7(3-12)8(5-15)18-9/h2,4,8-9,15H,5H2,1H3,(H,13,16,17)/t8-,9-/m0/s1. The molecule has 0 unspecified atom stereocenters. The molecule has 1 aliphatic heterocycles. The molecule has 18 heavy (non-hydrogen) atoms. The first-order valence-electron chi connectivity index (χ1n) is 5.27. The normalized spacial score (nSPS) is 22.6. The molecule has 0 saturated carbocycles. The monoisotopic (exact) mass is 249 g/mol. The SMILES string of the molecule is Cc1cn([C@@H]2C=C(C#N)[C@H](CO)O2)c(=O)[nH]c1=O. The van der Waals surface area contributed by atoms with Gasteiger partial charge in [0.25, 0.3) is 5.56 Å². The number of aliphatic hydroxyl groups excluding tert-OH is 1. The fourth-order valence-corrected chi connectivity index (χ4v) is 1.71. The summed E-state index contributed by atoms with van der Waals surface area (Å²) in [6.07, 6.45) is 1.27. The summed E-state index contributed by atoms with van der Waals surface area (Å²) in [5.74, 6) is 0. The van der Waals surface area contributed by atoms with Crippen molar-refractivity contribution in [3.8, 4) is 6.07 Å². The highest BCUT2D eigenvalue weighted by atomic mass is 16.5. The Kier molecular flexibility index (Phi) is 3.14. The maximum Gasteiger partial charge on any atom is 0.330 e. The van der Waals surface area contributed by atoms with Crippen molar-refractivity contribution in [2.24, 2.45) is 0 Å². The number of nitrogens with one attached hydrogen (secondary N) is 1. The molecule has 0 spiro atoms. The lowest BCUT2D eigenvalue weighted by atomic mass is 10.2. The van der Waals surface area contributed by atoms with Gasteiger partial charge in [-0.2, -0.15) is 5.26 Å². The van der Waals surface area contributed by atoms with Crippen molar-refractivity contribution in [3.63, 3.8) is 0 Å². The number of nitrogens with zero attached hydrogens (tertiary/aromatic N) is 2. The molecule has 1 aromatic rings. The van der Waals surface area contributed by atoms with Crippen molar-refractivity contribution < 1.29 is 9.84 Å². The van der Waals surface area contributed by atoms with Crippen LogP contribution in [0.1, 0.15) is 11.8 Å². The number of aromatic nitrogens is 2. The van der Waals surface area contributed by atoms with Crippen molar-refractivity contribution in [2.75, 3.05) is 6.61 Å². The maximum atomic E-state index is 11.6. The van der Waals surface area contributed by atoms with E-state index in [4.69, 9.17) is 15.1 Å². The summed E-state index contributed by atoms with van der Waals surface area (Å²) in [5, 5.41) is 17.9. The number of aromatic amines is 1. The first-order valence-corrected chi connectivity index (χ1v) is 5.27. The minimum atomic E-state index is -0.792. The first kappa shape index (κ1) is 12.3. The zero-order valence-electron chi connectivity index (χ0n) is 9.58. The van der Waals surface area contributed by atoms with E-state index in [1.165, 1.54) is 16.8 Å². The summed E-state index contributed by atoms with van der Waals surface area (Å²) >= 11 is 0. The van der Waals surface area contributed by atoms with Crippen LogP contribution >= 0.6 is 0 Å². The molecular weight excluding hydrogens is 238 g/mol. The predicted octanol–water partition coefficient (Wildman–Crippen LogP) is -0.815. The van der Waals surface area contributed by atoms with Crippen LogP contribution in [0.4, 0.5) is 0 Å². The fraction of sp³-hybridized carbons (Fsp3) is 0.364. The summed E-state index contributed by atoms with van der Waals surface area (Å²) in [4.78, 5) is 25.0. The number of H-pyrrole nitrogens is 1. The van der Waals surface area contributed by atoms with Crippen LogP contribution in [0, 0.1) is 18.3 Å². The molecule has 2 heterocycles. The van der Waals surface area contributed by atoms with Crippen LogP contribution in [-0.4, -0.2) is 27.4 Å². The summed E-state index contributed by atoms with van der Waals surface area (Å²) in [5.41, 5.74) is -0.462. The molecule has 2 N–H and O–H groups in total. The van der Waals surface area contributed by atoms with Crippen molar-refractivity contribution in [1.82, 2.24) is 9.55 Å². The molecule has 0 saturated heterocycles. The Morgan fingerprint density at radius 3 is 2.89 bits per heavy atom. The van der Waals surface area contributed by atoms with Gasteiger partial charge in [-0.05, 0) is 13.0 Å². The Balaban J connectivity index is 2.44. The molecule has 0 aromatic carbocycles. The number of ether oxygens (including phenoxy) is 1. The summed E-state index contributed by atoms with van der Waals surface area (Å²) in [6, 6.07) is 1.90. The van der Waals surface area contributed by atoms with Crippen molar-refractivity contribution >= 4 is 0 Å². The molecular formula is C11H11N3O4. The van der Waals surface area contributed by atoms with Gasteiger partial charge in [0.1, 0.15) is 6.10 Å². The van der Waals surface area contributed by atoms with E-state index in [1.807, 2.05) is 6.07 Å². The van der Waals surface area contributed by atoms with E-state index >= 15 is 0 Å². The van der Waals surface area contributed by atoms with Crippen molar-refractivity contribution in [1.29, 1.82) is 5.26 Å². The van der Waals surface area contributed by atoms with Crippen LogP contribution in [0.25, 0.3) is 0 Å². The van der Waals surface area contributed by atoms with E-state index < -0.39 is 23.6 Å². The van der Waals surface area contributed by atoms with Gasteiger partial charge in [-0.15, -0.1) is 0 Å². The molecule has 2 atom stereocenters. The van der Waals surface area contributed by atoms with Gasteiger partial charge in [-0.25, -0.2) is 4.79 Å². The van der Waals surface area contributed by atoms with Gasteiger partial charge in [0.05, 0.1) is 18.2 Å². The molecule has 94 valence electrons. The number of aliphatic hydroxyl groups is 1. The quantitative estimate of drug-likeness (QED) is 0.712. The highest BCUT2D eigenvalue weighted by molar-refractivity contribution is 5.29. The van der Waals surface area contributed by atoms with Gasteiger partial charge in [0, 0.05) is 11.8 Å². The van der Waals surface area contributed by atoms with E-state index in [9.17, 15) is 9.59 Å². The average Bonchev–Trinajstić information content (AvgIpc) is 2.76. The smallest absolute Gasteiger partial charge is 0.330 e. The lowest BCUT2D eigenvalue weighted by Gasteiger charge is -2.14. The van der Waals surface area contributed by atoms with Crippen LogP contribution < -0.4 is 11.2 Å². The third-order valence-corrected chi connectivity index (χ3v) is 2.69. The van der Waals surface area contributed by atoms with Crippen LogP contribution in [0.2, 0.25) is 0 Å². The lowest BCUT2D eigenvalue weighted by molar-refractivity contribution is -0.0126. The Bertz CT molecular complexity index is 649. The van der Waals surface area contributed by atoms with Crippen molar-refractivity contribution in [3.05, 3.63) is 44.2 Å². The highest BCUT2D eigenvalue weighted by Gasteiger charge is 2.28. The van der Waals surface area contributed by atoms with Gasteiger partial charge in [-0.3, -0.25) is 14.3 Å². The molecule has 1 aliphatic rings. The molecule has 0 amide bonds. The number of hydrogen-bond donors (Lipinski definition) is 2.